The summed E-state index contributed by atoms with van der Waals surface area (Å²) in [5.74, 6) is -1.17. The van der Waals surface area contributed by atoms with Gasteiger partial charge in [0.05, 0.1) is 27.9 Å². The largest absolute Gasteiger partial charge is 0.270 e. The molecule has 2 amide bonds. The van der Waals surface area contributed by atoms with Crippen LogP contribution >= 0.6 is 11.6 Å². The van der Waals surface area contributed by atoms with Crippen LogP contribution in [0.2, 0.25) is 5.15 Å². The van der Waals surface area contributed by atoms with Crippen molar-refractivity contribution in [1.82, 2.24) is 4.98 Å². The van der Waals surface area contributed by atoms with Gasteiger partial charge in [0.25, 0.3) is 17.5 Å². The second-order valence-electron chi connectivity index (χ2n) is 4.27. The van der Waals surface area contributed by atoms with Crippen molar-refractivity contribution in [1.29, 1.82) is 0 Å². The van der Waals surface area contributed by atoms with Gasteiger partial charge in [-0.3, -0.25) is 19.7 Å². The number of hydrogen-bond donors (Lipinski definition) is 0. The number of nitro groups is 1. The molecule has 2 aromatic rings. The van der Waals surface area contributed by atoms with E-state index < -0.39 is 16.7 Å². The van der Waals surface area contributed by atoms with Gasteiger partial charge in [0.15, 0.2) is 0 Å². The average molecular weight is 304 g/mol. The lowest BCUT2D eigenvalue weighted by molar-refractivity contribution is -0.384. The zero-order valence-electron chi connectivity index (χ0n) is 10.3. The lowest BCUT2D eigenvalue weighted by atomic mass is 10.1. The van der Waals surface area contributed by atoms with Crippen LogP contribution in [0.1, 0.15) is 20.7 Å². The molecule has 0 N–H and O–H groups in total. The second kappa shape index (κ2) is 4.64. The van der Waals surface area contributed by atoms with E-state index in [1.165, 1.54) is 30.5 Å². The van der Waals surface area contributed by atoms with E-state index in [1.807, 2.05) is 0 Å². The first kappa shape index (κ1) is 13.2. The molecule has 0 atom stereocenters. The van der Waals surface area contributed by atoms with E-state index in [2.05, 4.69) is 4.98 Å². The zero-order chi connectivity index (χ0) is 15.1. The van der Waals surface area contributed by atoms with Crippen molar-refractivity contribution < 1.29 is 14.5 Å². The van der Waals surface area contributed by atoms with Crippen LogP contribution in [0.5, 0.6) is 0 Å². The summed E-state index contributed by atoms with van der Waals surface area (Å²) in [7, 11) is 0. The van der Waals surface area contributed by atoms with Crippen LogP contribution in [0, 0.1) is 10.1 Å². The highest BCUT2D eigenvalue weighted by Crippen LogP contribution is 2.30. The Labute approximate surface area is 122 Å². The second-order valence-corrected chi connectivity index (χ2v) is 4.66. The van der Waals surface area contributed by atoms with Crippen LogP contribution in [0.4, 0.5) is 11.4 Å². The van der Waals surface area contributed by atoms with Crippen LogP contribution in [0.3, 0.4) is 0 Å². The van der Waals surface area contributed by atoms with Crippen molar-refractivity contribution in [3.8, 4) is 0 Å². The van der Waals surface area contributed by atoms with E-state index in [9.17, 15) is 19.7 Å². The molecule has 7 nitrogen and oxygen atoms in total. The van der Waals surface area contributed by atoms with Crippen LogP contribution in [-0.2, 0) is 0 Å². The molecule has 0 fully saturated rings. The number of halogens is 1. The number of hydrogen-bond acceptors (Lipinski definition) is 5. The fourth-order valence-electron chi connectivity index (χ4n) is 2.08. The van der Waals surface area contributed by atoms with Crippen LogP contribution in [0.15, 0.2) is 36.5 Å². The molecule has 0 bridgehead atoms. The first-order valence-electron chi connectivity index (χ1n) is 5.78. The summed E-state index contributed by atoms with van der Waals surface area (Å²) in [6, 6.07) is 6.48. The van der Waals surface area contributed by atoms with Gasteiger partial charge in [0.1, 0.15) is 5.15 Å². The number of benzene rings is 1. The lowest BCUT2D eigenvalue weighted by Gasteiger charge is -2.12. The predicted octanol–water partition coefficient (Wildman–Crippen LogP) is 2.44. The van der Waals surface area contributed by atoms with E-state index in [-0.39, 0.29) is 27.7 Å². The molecule has 1 aromatic carbocycles. The van der Waals surface area contributed by atoms with E-state index >= 15 is 0 Å². The third kappa shape index (κ3) is 2.03. The van der Waals surface area contributed by atoms with Crippen molar-refractivity contribution in [2.45, 2.75) is 0 Å². The Morgan fingerprint density at radius 2 is 1.81 bits per heavy atom. The minimum atomic E-state index is -0.622. The predicted molar refractivity (Wildman–Crippen MR) is 73.5 cm³/mol. The molecule has 0 saturated carbocycles. The van der Waals surface area contributed by atoms with E-state index in [4.69, 9.17) is 11.6 Å². The van der Waals surface area contributed by atoms with E-state index in [0.29, 0.717) is 0 Å². The highest BCUT2D eigenvalue weighted by molar-refractivity contribution is 6.34. The Morgan fingerprint density at radius 3 is 2.43 bits per heavy atom. The Hall–Kier alpha value is -2.80. The summed E-state index contributed by atoms with van der Waals surface area (Å²) in [6.45, 7) is 0. The molecule has 0 radical (unpaired) electrons. The standard InChI is InChI=1S/C13H6ClN3O4/c14-11-4-2-8(6-15-11)16-12(18)9-3-1-7(17(20)21)5-10(9)13(16)19/h1-6H. The fourth-order valence-corrected chi connectivity index (χ4v) is 2.19. The number of rotatable bonds is 2. The number of fused-ring (bicyclic) bond motifs is 1. The number of anilines is 1. The molecule has 8 heteroatoms. The minimum Gasteiger partial charge on any atom is -0.268 e. The molecule has 1 aliphatic rings. The smallest absolute Gasteiger partial charge is 0.268 e. The maximum absolute atomic E-state index is 12.3. The molecule has 1 aromatic heterocycles. The zero-order valence-corrected chi connectivity index (χ0v) is 11.1. The molecule has 3 rings (SSSR count). The van der Waals surface area contributed by atoms with Gasteiger partial charge in [-0.2, -0.15) is 0 Å². The molecular formula is C13H6ClN3O4. The van der Waals surface area contributed by atoms with Crippen LogP contribution in [-0.4, -0.2) is 21.7 Å². The first-order valence-corrected chi connectivity index (χ1v) is 6.15. The van der Waals surface area contributed by atoms with Gasteiger partial charge in [-0.15, -0.1) is 0 Å². The summed E-state index contributed by atoms with van der Waals surface area (Å²) in [6.07, 6.45) is 1.29. The lowest BCUT2D eigenvalue weighted by Crippen LogP contribution is -2.29. The third-order valence-corrected chi connectivity index (χ3v) is 3.27. The maximum Gasteiger partial charge on any atom is 0.270 e. The van der Waals surface area contributed by atoms with Crippen molar-refractivity contribution in [2.75, 3.05) is 4.90 Å². The van der Waals surface area contributed by atoms with Crippen molar-refractivity contribution in [3.05, 3.63) is 62.9 Å². The highest BCUT2D eigenvalue weighted by atomic mass is 35.5. The number of pyridine rings is 1. The first-order chi connectivity index (χ1) is 9.99. The van der Waals surface area contributed by atoms with Gasteiger partial charge in [0.2, 0.25) is 0 Å². The van der Waals surface area contributed by atoms with Gasteiger partial charge in [-0.05, 0) is 18.2 Å². The van der Waals surface area contributed by atoms with Gasteiger partial charge in [0, 0.05) is 12.1 Å². The number of nitrogens with zero attached hydrogens (tertiary/aromatic N) is 3. The normalized spacial score (nSPS) is 13.5. The van der Waals surface area contributed by atoms with Gasteiger partial charge < -0.3 is 0 Å². The number of amides is 2. The molecule has 2 heterocycles. The molecular weight excluding hydrogens is 298 g/mol. The van der Waals surface area contributed by atoms with Crippen LogP contribution in [0.25, 0.3) is 0 Å². The Bertz CT molecular complexity index is 789. The number of non-ortho nitro benzene ring substituents is 1. The quantitative estimate of drug-likeness (QED) is 0.367. The molecule has 21 heavy (non-hydrogen) atoms. The van der Waals surface area contributed by atoms with Crippen LogP contribution < -0.4 is 4.90 Å². The minimum absolute atomic E-state index is 0.00384. The number of carbonyl (C=O) groups is 2. The molecule has 0 saturated heterocycles. The summed E-state index contributed by atoms with van der Waals surface area (Å²) < 4.78 is 0. The number of imide groups is 1. The summed E-state index contributed by atoms with van der Waals surface area (Å²) in [4.78, 5) is 39.4. The topological polar surface area (TPSA) is 93.4 Å². The van der Waals surface area contributed by atoms with Crippen molar-refractivity contribution in [2.24, 2.45) is 0 Å². The number of carbonyl (C=O) groups excluding carboxylic acids is 2. The molecule has 1 aliphatic heterocycles. The molecule has 0 aliphatic carbocycles. The molecule has 0 unspecified atom stereocenters. The van der Waals surface area contributed by atoms with Gasteiger partial charge >= 0.3 is 0 Å². The SMILES string of the molecule is O=C1c2ccc([N+](=O)[O-])cc2C(=O)N1c1ccc(Cl)nc1. The Morgan fingerprint density at radius 1 is 1.10 bits per heavy atom. The highest BCUT2D eigenvalue weighted by Gasteiger charge is 2.37. The number of nitro benzene ring substituents is 1. The summed E-state index contributed by atoms with van der Waals surface area (Å²) in [5, 5.41) is 11.0. The third-order valence-electron chi connectivity index (χ3n) is 3.05. The average Bonchev–Trinajstić information content (AvgIpc) is 2.72. The molecule has 104 valence electrons. The number of aromatic nitrogens is 1. The van der Waals surface area contributed by atoms with Crippen molar-refractivity contribution >= 4 is 34.8 Å². The fraction of sp³-hybridized carbons (Fsp3) is 0. The maximum atomic E-state index is 12.3. The summed E-state index contributed by atoms with van der Waals surface area (Å²) in [5.41, 5.74) is 0.143. The Kier molecular flexibility index (Phi) is 2.91. The molecule has 0 spiro atoms. The van der Waals surface area contributed by atoms with E-state index in [0.717, 1.165) is 11.0 Å². The van der Waals surface area contributed by atoms with Gasteiger partial charge in [-0.25, -0.2) is 9.88 Å². The van der Waals surface area contributed by atoms with Crippen molar-refractivity contribution in [3.63, 3.8) is 0 Å². The van der Waals surface area contributed by atoms with Gasteiger partial charge in [-0.1, -0.05) is 11.6 Å². The van der Waals surface area contributed by atoms with E-state index in [1.54, 1.807) is 0 Å². The summed E-state index contributed by atoms with van der Waals surface area (Å²) >= 11 is 5.66. The monoisotopic (exact) mass is 303 g/mol. The Balaban J connectivity index is 2.08.